The van der Waals surface area contributed by atoms with Crippen molar-refractivity contribution in [3.8, 4) is 0 Å². The summed E-state index contributed by atoms with van der Waals surface area (Å²) in [6.07, 6.45) is 2.99. The molecule has 0 saturated heterocycles. The molecule has 0 aliphatic heterocycles. The summed E-state index contributed by atoms with van der Waals surface area (Å²) in [5.74, 6) is -0.547. The maximum Gasteiger partial charge on any atom is 0.248 e. The number of nitrogens with one attached hydrogen (secondary N) is 1. The van der Waals surface area contributed by atoms with E-state index < -0.39 is 0 Å². The van der Waals surface area contributed by atoms with Crippen molar-refractivity contribution in [2.45, 2.75) is 13.8 Å². The minimum Gasteiger partial charge on any atom is -0.322 e. The average molecular weight is 269 g/mol. The molecule has 0 spiro atoms. The van der Waals surface area contributed by atoms with E-state index in [1.807, 2.05) is 32.0 Å². The van der Waals surface area contributed by atoms with E-state index in [-0.39, 0.29) is 11.7 Å². The Kier molecular flexibility index (Phi) is 4.31. The Morgan fingerprint density at radius 2 is 1.75 bits per heavy atom. The molecule has 0 aliphatic carbocycles. The third-order valence-corrected chi connectivity index (χ3v) is 3.01. The molecule has 0 fully saturated rings. The molecular formula is C17H16FNO. The van der Waals surface area contributed by atoms with Crippen molar-refractivity contribution in [1.82, 2.24) is 0 Å². The van der Waals surface area contributed by atoms with Gasteiger partial charge in [-0.05, 0) is 48.7 Å². The predicted octanol–water partition coefficient (Wildman–Crippen LogP) is 4.09. The second kappa shape index (κ2) is 6.15. The number of anilines is 1. The lowest BCUT2D eigenvalue weighted by Gasteiger charge is -2.09. The van der Waals surface area contributed by atoms with Crippen LogP contribution < -0.4 is 5.32 Å². The van der Waals surface area contributed by atoms with E-state index in [0.29, 0.717) is 5.56 Å². The van der Waals surface area contributed by atoms with E-state index >= 15 is 0 Å². The number of amides is 1. The van der Waals surface area contributed by atoms with Crippen molar-refractivity contribution in [2.75, 3.05) is 5.32 Å². The van der Waals surface area contributed by atoms with Crippen molar-refractivity contribution >= 4 is 17.7 Å². The third-order valence-electron chi connectivity index (χ3n) is 3.01. The molecule has 0 saturated carbocycles. The topological polar surface area (TPSA) is 29.1 Å². The van der Waals surface area contributed by atoms with Crippen LogP contribution in [0, 0.1) is 19.7 Å². The first kappa shape index (κ1) is 14.0. The number of aryl methyl sites for hydroxylation is 2. The molecule has 1 N–H and O–H groups in total. The molecule has 2 nitrogen and oxygen atoms in total. The maximum absolute atomic E-state index is 13.0. The Hall–Kier alpha value is -2.42. The zero-order valence-corrected chi connectivity index (χ0v) is 11.5. The Morgan fingerprint density at radius 1 is 1.10 bits per heavy atom. The standard InChI is InChI=1S/C17H16FNO/c1-12-5-3-6-13(2)17(12)19-16(20)10-9-14-7-4-8-15(18)11-14/h3-11H,1-2H3,(H,19,20)/b10-9+. The zero-order chi connectivity index (χ0) is 14.5. The first-order chi connectivity index (χ1) is 9.56. The van der Waals surface area contributed by atoms with Crippen LogP contribution in [0.25, 0.3) is 6.08 Å². The third kappa shape index (κ3) is 3.54. The van der Waals surface area contributed by atoms with Crippen LogP contribution in [0.4, 0.5) is 10.1 Å². The predicted molar refractivity (Wildman–Crippen MR) is 80.0 cm³/mol. The maximum atomic E-state index is 13.0. The quantitative estimate of drug-likeness (QED) is 0.835. The number of benzene rings is 2. The highest BCUT2D eigenvalue weighted by molar-refractivity contribution is 6.02. The van der Waals surface area contributed by atoms with Crippen LogP contribution in [-0.4, -0.2) is 5.91 Å². The summed E-state index contributed by atoms with van der Waals surface area (Å²) >= 11 is 0. The molecule has 0 atom stereocenters. The summed E-state index contributed by atoms with van der Waals surface area (Å²) in [7, 11) is 0. The fourth-order valence-corrected chi connectivity index (χ4v) is 1.96. The largest absolute Gasteiger partial charge is 0.322 e. The van der Waals surface area contributed by atoms with E-state index in [0.717, 1.165) is 16.8 Å². The molecule has 2 aromatic carbocycles. The molecule has 20 heavy (non-hydrogen) atoms. The van der Waals surface area contributed by atoms with Gasteiger partial charge in [0.1, 0.15) is 5.82 Å². The van der Waals surface area contributed by atoms with Crippen molar-refractivity contribution in [3.05, 3.63) is 71.0 Å². The average Bonchev–Trinajstić information content (AvgIpc) is 2.41. The number of para-hydroxylation sites is 1. The zero-order valence-electron chi connectivity index (χ0n) is 11.5. The van der Waals surface area contributed by atoms with Gasteiger partial charge in [-0.15, -0.1) is 0 Å². The molecule has 3 heteroatoms. The fourth-order valence-electron chi connectivity index (χ4n) is 1.96. The summed E-state index contributed by atoms with van der Waals surface area (Å²) in [4.78, 5) is 11.9. The van der Waals surface area contributed by atoms with Gasteiger partial charge in [-0.2, -0.15) is 0 Å². The van der Waals surface area contributed by atoms with E-state index in [9.17, 15) is 9.18 Å². The SMILES string of the molecule is Cc1cccc(C)c1NC(=O)/C=C/c1cccc(F)c1. The Labute approximate surface area is 118 Å². The molecule has 2 rings (SSSR count). The lowest BCUT2D eigenvalue weighted by molar-refractivity contribution is -0.111. The highest BCUT2D eigenvalue weighted by atomic mass is 19.1. The Bertz CT molecular complexity index is 642. The van der Waals surface area contributed by atoms with Crippen molar-refractivity contribution in [3.63, 3.8) is 0 Å². The van der Waals surface area contributed by atoms with Crippen LogP contribution in [0.15, 0.2) is 48.5 Å². The molecule has 0 radical (unpaired) electrons. The van der Waals surface area contributed by atoms with E-state index in [1.165, 1.54) is 18.2 Å². The number of halogens is 1. The lowest BCUT2D eigenvalue weighted by atomic mass is 10.1. The van der Waals surface area contributed by atoms with E-state index in [4.69, 9.17) is 0 Å². The van der Waals surface area contributed by atoms with Gasteiger partial charge in [0.25, 0.3) is 0 Å². The van der Waals surface area contributed by atoms with E-state index in [1.54, 1.807) is 18.2 Å². The molecule has 0 bridgehead atoms. The number of carbonyl (C=O) groups excluding carboxylic acids is 1. The number of carbonyl (C=O) groups is 1. The van der Waals surface area contributed by atoms with Crippen LogP contribution >= 0.6 is 0 Å². The van der Waals surface area contributed by atoms with Gasteiger partial charge in [0.15, 0.2) is 0 Å². The van der Waals surface area contributed by atoms with Gasteiger partial charge in [0.05, 0.1) is 0 Å². The van der Waals surface area contributed by atoms with Crippen LogP contribution in [0.3, 0.4) is 0 Å². The summed E-state index contributed by atoms with van der Waals surface area (Å²) < 4.78 is 13.0. The molecular weight excluding hydrogens is 253 g/mol. The first-order valence-electron chi connectivity index (χ1n) is 6.37. The van der Waals surface area contributed by atoms with Gasteiger partial charge in [-0.25, -0.2) is 4.39 Å². The summed E-state index contributed by atoms with van der Waals surface area (Å²) in [6.45, 7) is 3.89. The fraction of sp³-hybridized carbons (Fsp3) is 0.118. The van der Waals surface area contributed by atoms with E-state index in [2.05, 4.69) is 5.32 Å². The lowest BCUT2D eigenvalue weighted by Crippen LogP contribution is -2.10. The monoisotopic (exact) mass is 269 g/mol. The number of hydrogen-bond donors (Lipinski definition) is 1. The molecule has 0 aromatic heterocycles. The normalized spacial score (nSPS) is 10.8. The summed E-state index contributed by atoms with van der Waals surface area (Å²) in [5.41, 5.74) is 3.50. The molecule has 0 aliphatic rings. The Balaban J connectivity index is 2.10. The van der Waals surface area contributed by atoms with Crippen LogP contribution in [-0.2, 0) is 4.79 Å². The van der Waals surface area contributed by atoms with Crippen molar-refractivity contribution < 1.29 is 9.18 Å². The smallest absolute Gasteiger partial charge is 0.248 e. The van der Waals surface area contributed by atoms with Gasteiger partial charge >= 0.3 is 0 Å². The molecule has 0 heterocycles. The molecule has 0 unspecified atom stereocenters. The van der Waals surface area contributed by atoms with Gasteiger partial charge < -0.3 is 5.32 Å². The number of rotatable bonds is 3. The van der Waals surface area contributed by atoms with Crippen LogP contribution in [0.2, 0.25) is 0 Å². The van der Waals surface area contributed by atoms with Crippen molar-refractivity contribution in [1.29, 1.82) is 0 Å². The minimum absolute atomic E-state index is 0.230. The minimum atomic E-state index is -0.317. The number of hydrogen-bond acceptors (Lipinski definition) is 1. The van der Waals surface area contributed by atoms with Crippen molar-refractivity contribution in [2.24, 2.45) is 0 Å². The highest BCUT2D eigenvalue weighted by Crippen LogP contribution is 2.19. The molecule has 102 valence electrons. The van der Waals surface area contributed by atoms with Crippen LogP contribution in [0.5, 0.6) is 0 Å². The van der Waals surface area contributed by atoms with Gasteiger partial charge in [-0.3, -0.25) is 4.79 Å². The van der Waals surface area contributed by atoms with Crippen LogP contribution in [0.1, 0.15) is 16.7 Å². The highest BCUT2D eigenvalue weighted by Gasteiger charge is 2.04. The molecule has 1 amide bonds. The van der Waals surface area contributed by atoms with Gasteiger partial charge in [0.2, 0.25) is 5.91 Å². The van der Waals surface area contributed by atoms with Gasteiger partial charge in [-0.1, -0.05) is 30.3 Å². The second-order valence-corrected chi connectivity index (χ2v) is 4.64. The first-order valence-corrected chi connectivity index (χ1v) is 6.37. The Morgan fingerprint density at radius 3 is 2.40 bits per heavy atom. The van der Waals surface area contributed by atoms with Gasteiger partial charge in [0, 0.05) is 11.8 Å². The summed E-state index contributed by atoms with van der Waals surface area (Å²) in [5, 5.41) is 2.84. The summed E-state index contributed by atoms with van der Waals surface area (Å²) in [6, 6.07) is 11.9. The second-order valence-electron chi connectivity index (χ2n) is 4.64. The molecule has 2 aromatic rings.